The van der Waals surface area contributed by atoms with Gasteiger partial charge in [-0.1, -0.05) is 17.3 Å². The van der Waals surface area contributed by atoms with Crippen LogP contribution in [0.5, 0.6) is 5.75 Å². The molecule has 16 heavy (non-hydrogen) atoms. The zero-order valence-electron chi connectivity index (χ0n) is 8.93. The van der Waals surface area contributed by atoms with E-state index in [1.165, 1.54) is 19.2 Å². The zero-order chi connectivity index (χ0) is 11.8. The van der Waals surface area contributed by atoms with Crippen molar-refractivity contribution in [2.75, 3.05) is 13.7 Å². The first-order chi connectivity index (χ1) is 7.77. The Kier molecular flexibility index (Phi) is 4.89. The number of hydrogen-bond donors (Lipinski definition) is 0. The summed E-state index contributed by atoms with van der Waals surface area (Å²) in [5.74, 6) is 0.156. The average molecular weight is 221 g/mol. The lowest BCUT2D eigenvalue weighted by Crippen LogP contribution is -1.88. The summed E-state index contributed by atoms with van der Waals surface area (Å²) in [5, 5.41) is 3.40. The first kappa shape index (κ1) is 12.1. The predicted octanol–water partition coefficient (Wildman–Crippen LogP) is 3.55. The SMILES string of the molecule is COc1cc(F)ccc1C=CCCN=[N+]=[N-]. The number of rotatable bonds is 5. The molecule has 0 aliphatic carbocycles. The molecule has 84 valence electrons. The molecule has 0 heterocycles. The van der Waals surface area contributed by atoms with Crippen LogP contribution < -0.4 is 4.74 Å². The van der Waals surface area contributed by atoms with Crippen LogP contribution >= 0.6 is 0 Å². The largest absolute Gasteiger partial charge is 0.496 e. The predicted molar refractivity (Wildman–Crippen MR) is 60.6 cm³/mol. The van der Waals surface area contributed by atoms with Crippen LogP contribution in [0.2, 0.25) is 0 Å². The maximum Gasteiger partial charge on any atom is 0.128 e. The molecule has 0 spiro atoms. The van der Waals surface area contributed by atoms with Crippen LogP contribution in [-0.2, 0) is 0 Å². The minimum absolute atomic E-state index is 0.330. The van der Waals surface area contributed by atoms with E-state index < -0.39 is 0 Å². The molecule has 0 amide bonds. The van der Waals surface area contributed by atoms with E-state index >= 15 is 0 Å². The molecule has 0 saturated carbocycles. The molecule has 0 radical (unpaired) electrons. The molecule has 0 aliphatic heterocycles. The summed E-state index contributed by atoms with van der Waals surface area (Å²) < 4.78 is 17.9. The molecule has 0 bridgehead atoms. The molecule has 0 N–H and O–H groups in total. The standard InChI is InChI=1S/C11H12FN3O/c1-16-11-8-10(12)6-5-9(11)4-2-3-7-14-15-13/h2,4-6,8H,3,7H2,1H3. The molecule has 0 saturated heterocycles. The minimum Gasteiger partial charge on any atom is -0.496 e. The summed E-state index contributed by atoms with van der Waals surface area (Å²) in [5.41, 5.74) is 8.86. The van der Waals surface area contributed by atoms with Gasteiger partial charge in [-0.05, 0) is 24.1 Å². The molecule has 0 fully saturated rings. The van der Waals surface area contributed by atoms with Crippen LogP contribution in [0.3, 0.4) is 0 Å². The maximum absolute atomic E-state index is 12.9. The highest BCUT2D eigenvalue weighted by atomic mass is 19.1. The lowest BCUT2D eigenvalue weighted by atomic mass is 10.1. The fourth-order valence-corrected chi connectivity index (χ4v) is 1.21. The second kappa shape index (κ2) is 6.48. The van der Waals surface area contributed by atoms with Crippen LogP contribution in [0.1, 0.15) is 12.0 Å². The van der Waals surface area contributed by atoms with Crippen molar-refractivity contribution in [1.82, 2.24) is 0 Å². The fourth-order valence-electron chi connectivity index (χ4n) is 1.21. The van der Waals surface area contributed by atoms with E-state index in [4.69, 9.17) is 10.3 Å². The quantitative estimate of drug-likeness (QED) is 0.324. The summed E-state index contributed by atoms with van der Waals surface area (Å²) in [4.78, 5) is 2.64. The Morgan fingerprint density at radius 3 is 3.06 bits per heavy atom. The van der Waals surface area contributed by atoms with Crippen molar-refractivity contribution in [3.05, 3.63) is 46.1 Å². The summed E-state index contributed by atoms with van der Waals surface area (Å²) in [6.45, 7) is 0.413. The van der Waals surface area contributed by atoms with Gasteiger partial charge in [-0.2, -0.15) is 0 Å². The molecule has 1 aromatic rings. The fraction of sp³-hybridized carbons (Fsp3) is 0.273. The second-order valence-electron chi connectivity index (χ2n) is 3.03. The van der Waals surface area contributed by atoms with Crippen molar-refractivity contribution in [2.45, 2.75) is 6.42 Å². The Hall–Kier alpha value is -2.00. The Morgan fingerprint density at radius 2 is 2.38 bits per heavy atom. The summed E-state index contributed by atoms with van der Waals surface area (Å²) in [7, 11) is 1.49. The first-order valence-corrected chi connectivity index (χ1v) is 4.79. The van der Waals surface area contributed by atoms with Gasteiger partial charge in [0.15, 0.2) is 0 Å². The van der Waals surface area contributed by atoms with Gasteiger partial charge in [0.1, 0.15) is 11.6 Å². The number of hydrogen-bond acceptors (Lipinski definition) is 2. The Labute approximate surface area is 93.0 Å². The van der Waals surface area contributed by atoms with Gasteiger partial charge in [-0.15, -0.1) is 0 Å². The van der Waals surface area contributed by atoms with Gasteiger partial charge in [-0.3, -0.25) is 0 Å². The highest BCUT2D eigenvalue weighted by Gasteiger charge is 2.00. The normalized spacial score (nSPS) is 10.1. The van der Waals surface area contributed by atoms with E-state index in [1.807, 2.05) is 12.2 Å². The molecule has 4 nitrogen and oxygen atoms in total. The van der Waals surface area contributed by atoms with E-state index in [-0.39, 0.29) is 5.82 Å². The molecular weight excluding hydrogens is 209 g/mol. The van der Waals surface area contributed by atoms with Crippen molar-refractivity contribution < 1.29 is 9.13 Å². The van der Waals surface area contributed by atoms with Crippen LogP contribution in [0.15, 0.2) is 29.4 Å². The topological polar surface area (TPSA) is 58.0 Å². The van der Waals surface area contributed by atoms with Crippen LogP contribution in [0.4, 0.5) is 4.39 Å². The Balaban J connectivity index is 2.68. The zero-order valence-corrected chi connectivity index (χ0v) is 8.93. The van der Waals surface area contributed by atoms with Crippen molar-refractivity contribution >= 4 is 6.08 Å². The molecule has 1 rings (SSSR count). The number of methoxy groups -OCH3 is 1. The van der Waals surface area contributed by atoms with Crippen LogP contribution in [0.25, 0.3) is 16.5 Å². The number of halogens is 1. The third kappa shape index (κ3) is 3.63. The van der Waals surface area contributed by atoms with Gasteiger partial charge >= 0.3 is 0 Å². The van der Waals surface area contributed by atoms with E-state index in [0.717, 1.165) is 5.56 Å². The number of nitrogens with zero attached hydrogens (tertiary/aromatic N) is 3. The minimum atomic E-state index is -0.330. The Morgan fingerprint density at radius 1 is 1.56 bits per heavy atom. The van der Waals surface area contributed by atoms with Gasteiger partial charge in [0.2, 0.25) is 0 Å². The first-order valence-electron chi connectivity index (χ1n) is 4.79. The van der Waals surface area contributed by atoms with E-state index in [2.05, 4.69) is 10.0 Å². The lowest BCUT2D eigenvalue weighted by Gasteiger charge is -2.03. The second-order valence-corrected chi connectivity index (χ2v) is 3.03. The molecule has 5 heteroatoms. The molecular formula is C11H12FN3O. The summed E-state index contributed by atoms with van der Waals surface area (Å²) in [6.07, 6.45) is 4.31. The van der Waals surface area contributed by atoms with E-state index in [0.29, 0.717) is 18.7 Å². The molecule has 0 atom stereocenters. The van der Waals surface area contributed by atoms with Crippen molar-refractivity contribution in [3.63, 3.8) is 0 Å². The number of azide groups is 1. The maximum atomic E-state index is 12.9. The van der Waals surface area contributed by atoms with Crippen LogP contribution in [0, 0.1) is 5.82 Å². The lowest BCUT2D eigenvalue weighted by molar-refractivity contribution is 0.410. The third-order valence-corrected chi connectivity index (χ3v) is 1.95. The molecule has 0 aromatic heterocycles. The molecule has 1 aromatic carbocycles. The smallest absolute Gasteiger partial charge is 0.128 e. The number of benzene rings is 1. The monoisotopic (exact) mass is 221 g/mol. The van der Waals surface area contributed by atoms with E-state index in [1.54, 1.807) is 6.07 Å². The number of ether oxygens (including phenoxy) is 1. The summed E-state index contributed by atoms with van der Waals surface area (Å²) >= 11 is 0. The Bertz CT molecular complexity index is 425. The van der Waals surface area contributed by atoms with Gasteiger partial charge in [0.25, 0.3) is 0 Å². The highest BCUT2D eigenvalue weighted by molar-refractivity contribution is 5.57. The summed E-state index contributed by atoms with van der Waals surface area (Å²) in [6, 6.07) is 4.33. The van der Waals surface area contributed by atoms with Crippen molar-refractivity contribution in [1.29, 1.82) is 0 Å². The van der Waals surface area contributed by atoms with Gasteiger partial charge in [-0.25, -0.2) is 4.39 Å². The van der Waals surface area contributed by atoms with Gasteiger partial charge in [0, 0.05) is 23.1 Å². The average Bonchev–Trinajstić information content (AvgIpc) is 2.30. The van der Waals surface area contributed by atoms with Gasteiger partial charge < -0.3 is 4.74 Å². The highest BCUT2D eigenvalue weighted by Crippen LogP contribution is 2.20. The van der Waals surface area contributed by atoms with Crippen LogP contribution in [-0.4, -0.2) is 13.7 Å². The molecule has 0 unspecified atom stereocenters. The van der Waals surface area contributed by atoms with Crippen molar-refractivity contribution in [3.8, 4) is 5.75 Å². The van der Waals surface area contributed by atoms with Crippen molar-refractivity contribution in [2.24, 2.45) is 5.11 Å². The molecule has 0 aliphatic rings. The third-order valence-electron chi connectivity index (χ3n) is 1.95. The van der Waals surface area contributed by atoms with Gasteiger partial charge in [0.05, 0.1) is 7.11 Å². The van der Waals surface area contributed by atoms with E-state index in [9.17, 15) is 4.39 Å².